The molecule has 1 aromatic rings. The predicted octanol–water partition coefficient (Wildman–Crippen LogP) is 3.75. The van der Waals surface area contributed by atoms with Crippen LogP contribution >= 0.6 is 0 Å². The van der Waals surface area contributed by atoms with Crippen LogP contribution in [0, 0.1) is 31.6 Å². The lowest BCUT2D eigenvalue weighted by molar-refractivity contribution is 0.399. The summed E-state index contributed by atoms with van der Waals surface area (Å²) < 4.78 is 5.58. The minimum atomic E-state index is 0.156. The summed E-state index contributed by atoms with van der Waals surface area (Å²) in [5.41, 5.74) is 10.4. The zero-order valence-electron chi connectivity index (χ0n) is 12.3. The van der Waals surface area contributed by atoms with Gasteiger partial charge in [-0.1, -0.05) is 18.9 Å². The Bertz CT molecular complexity index is 470. The standard InChI is InChI=1S/C17H25NO/c1-10-8-11(2)15(14(9-10)19-3)17(18)16-12-6-4-5-7-13(12)16/h8-9,12-13,16-17H,4-7,18H2,1-3H3. The van der Waals surface area contributed by atoms with Crippen molar-refractivity contribution in [2.24, 2.45) is 23.5 Å². The van der Waals surface area contributed by atoms with Crippen LogP contribution in [0.2, 0.25) is 0 Å². The molecule has 0 bridgehead atoms. The minimum Gasteiger partial charge on any atom is -0.496 e. The van der Waals surface area contributed by atoms with Crippen molar-refractivity contribution in [3.8, 4) is 5.75 Å². The van der Waals surface area contributed by atoms with Gasteiger partial charge in [0, 0.05) is 11.6 Å². The molecule has 2 aliphatic carbocycles. The predicted molar refractivity (Wildman–Crippen MR) is 78.3 cm³/mol. The quantitative estimate of drug-likeness (QED) is 0.897. The lowest BCUT2D eigenvalue weighted by Crippen LogP contribution is -2.17. The number of hydrogen-bond donors (Lipinski definition) is 1. The first-order valence-electron chi connectivity index (χ1n) is 7.54. The van der Waals surface area contributed by atoms with Gasteiger partial charge in [-0.3, -0.25) is 0 Å². The summed E-state index contributed by atoms with van der Waals surface area (Å²) in [7, 11) is 1.75. The van der Waals surface area contributed by atoms with E-state index in [0.717, 1.165) is 17.6 Å². The first-order chi connectivity index (χ1) is 9.13. The summed E-state index contributed by atoms with van der Waals surface area (Å²) in [6, 6.07) is 4.50. The maximum atomic E-state index is 6.61. The number of methoxy groups -OCH3 is 1. The zero-order chi connectivity index (χ0) is 13.6. The van der Waals surface area contributed by atoms with Crippen LogP contribution in [0.25, 0.3) is 0 Å². The van der Waals surface area contributed by atoms with E-state index in [4.69, 9.17) is 10.5 Å². The van der Waals surface area contributed by atoms with Crippen molar-refractivity contribution in [2.75, 3.05) is 7.11 Å². The van der Waals surface area contributed by atoms with Gasteiger partial charge in [0.2, 0.25) is 0 Å². The first kappa shape index (κ1) is 13.0. The van der Waals surface area contributed by atoms with Gasteiger partial charge in [-0.15, -0.1) is 0 Å². The molecule has 0 radical (unpaired) electrons. The first-order valence-corrected chi connectivity index (χ1v) is 7.54. The maximum absolute atomic E-state index is 6.61. The van der Waals surface area contributed by atoms with Gasteiger partial charge in [0.05, 0.1) is 7.11 Å². The van der Waals surface area contributed by atoms with Gasteiger partial charge < -0.3 is 10.5 Å². The maximum Gasteiger partial charge on any atom is 0.124 e. The molecular formula is C17H25NO. The second-order valence-electron chi connectivity index (χ2n) is 6.41. The summed E-state index contributed by atoms with van der Waals surface area (Å²) in [5.74, 6) is 3.44. The largest absolute Gasteiger partial charge is 0.496 e. The average molecular weight is 259 g/mol. The van der Waals surface area contributed by atoms with E-state index in [1.807, 2.05) is 0 Å². The van der Waals surface area contributed by atoms with E-state index in [0.29, 0.717) is 5.92 Å². The number of benzene rings is 1. The summed E-state index contributed by atoms with van der Waals surface area (Å²) >= 11 is 0. The summed E-state index contributed by atoms with van der Waals surface area (Å²) in [6.07, 6.45) is 5.56. The van der Waals surface area contributed by atoms with E-state index < -0.39 is 0 Å². The Balaban J connectivity index is 1.89. The van der Waals surface area contributed by atoms with Crippen molar-refractivity contribution in [1.29, 1.82) is 0 Å². The molecule has 2 aliphatic rings. The lowest BCUT2D eigenvalue weighted by atomic mass is 9.94. The van der Waals surface area contributed by atoms with Crippen LogP contribution in [-0.4, -0.2) is 7.11 Å². The van der Waals surface area contributed by atoms with Gasteiger partial charge in [0.1, 0.15) is 5.75 Å². The third-order valence-electron chi connectivity index (χ3n) is 5.18. The van der Waals surface area contributed by atoms with Gasteiger partial charge in [0.15, 0.2) is 0 Å². The Hall–Kier alpha value is -1.02. The monoisotopic (exact) mass is 259 g/mol. The summed E-state index contributed by atoms with van der Waals surface area (Å²) in [5, 5.41) is 0. The number of ether oxygens (including phenoxy) is 1. The number of nitrogens with two attached hydrogens (primary N) is 1. The van der Waals surface area contributed by atoms with E-state index in [-0.39, 0.29) is 6.04 Å². The molecule has 2 fully saturated rings. The van der Waals surface area contributed by atoms with E-state index in [2.05, 4.69) is 26.0 Å². The fourth-order valence-electron chi connectivity index (χ4n) is 4.31. The van der Waals surface area contributed by atoms with E-state index >= 15 is 0 Å². The minimum absolute atomic E-state index is 0.156. The highest BCUT2D eigenvalue weighted by molar-refractivity contribution is 5.46. The Labute approximate surface area is 116 Å². The molecule has 0 aromatic heterocycles. The zero-order valence-corrected chi connectivity index (χ0v) is 12.3. The van der Waals surface area contributed by atoms with Crippen LogP contribution < -0.4 is 10.5 Å². The van der Waals surface area contributed by atoms with Crippen molar-refractivity contribution in [3.05, 3.63) is 28.8 Å². The molecule has 3 atom stereocenters. The normalized spacial score (nSPS) is 30.6. The van der Waals surface area contributed by atoms with Crippen LogP contribution in [0.3, 0.4) is 0 Å². The van der Waals surface area contributed by atoms with Gasteiger partial charge >= 0.3 is 0 Å². The second-order valence-corrected chi connectivity index (χ2v) is 6.41. The van der Waals surface area contributed by atoms with Crippen molar-refractivity contribution >= 4 is 0 Å². The molecule has 3 unspecified atom stereocenters. The molecule has 1 aromatic carbocycles. The molecule has 3 rings (SSSR count). The SMILES string of the molecule is COc1cc(C)cc(C)c1C(N)C1C2CCCCC21. The van der Waals surface area contributed by atoms with Crippen LogP contribution in [0.5, 0.6) is 5.75 Å². The molecule has 0 spiro atoms. The highest BCUT2D eigenvalue weighted by atomic mass is 16.5. The van der Waals surface area contributed by atoms with Crippen molar-refractivity contribution in [1.82, 2.24) is 0 Å². The Morgan fingerprint density at radius 2 is 1.79 bits per heavy atom. The van der Waals surface area contributed by atoms with Crippen LogP contribution in [0.1, 0.15) is 48.4 Å². The highest BCUT2D eigenvalue weighted by Crippen LogP contribution is 2.60. The molecule has 2 nitrogen and oxygen atoms in total. The van der Waals surface area contributed by atoms with E-state index in [9.17, 15) is 0 Å². The van der Waals surface area contributed by atoms with Crippen molar-refractivity contribution in [2.45, 2.75) is 45.6 Å². The van der Waals surface area contributed by atoms with Gasteiger partial charge in [-0.25, -0.2) is 0 Å². The van der Waals surface area contributed by atoms with Crippen LogP contribution in [0.4, 0.5) is 0 Å². The summed E-state index contributed by atoms with van der Waals surface area (Å²) in [4.78, 5) is 0. The summed E-state index contributed by atoms with van der Waals surface area (Å²) in [6.45, 7) is 4.28. The fraction of sp³-hybridized carbons (Fsp3) is 0.647. The van der Waals surface area contributed by atoms with E-state index in [1.54, 1.807) is 7.11 Å². The Morgan fingerprint density at radius 3 is 2.37 bits per heavy atom. The molecule has 2 N–H and O–H groups in total. The number of fused-ring (bicyclic) bond motifs is 1. The van der Waals surface area contributed by atoms with Crippen LogP contribution in [-0.2, 0) is 0 Å². The molecule has 2 saturated carbocycles. The molecule has 0 aliphatic heterocycles. The third kappa shape index (κ3) is 2.16. The smallest absolute Gasteiger partial charge is 0.124 e. The molecule has 0 saturated heterocycles. The molecule has 19 heavy (non-hydrogen) atoms. The van der Waals surface area contributed by atoms with E-state index in [1.165, 1.54) is 42.4 Å². The Kier molecular flexibility index (Phi) is 3.30. The lowest BCUT2D eigenvalue weighted by Gasteiger charge is -2.19. The molecule has 2 heteroatoms. The van der Waals surface area contributed by atoms with Gasteiger partial charge in [0.25, 0.3) is 0 Å². The van der Waals surface area contributed by atoms with Gasteiger partial charge in [-0.05, 0) is 61.6 Å². The molecule has 0 heterocycles. The number of hydrogen-bond acceptors (Lipinski definition) is 2. The Morgan fingerprint density at radius 1 is 1.16 bits per heavy atom. The molecule has 0 amide bonds. The van der Waals surface area contributed by atoms with Crippen molar-refractivity contribution in [3.63, 3.8) is 0 Å². The van der Waals surface area contributed by atoms with Crippen LogP contribution in [0.15, 0.2) is 12.1 Å². The van der Waals surface area contributed by atoms with Crippen molar-refractivity contribution < 1.29 is 4.74 Å². The molecule has 104 valence electrons. The third-order valence-corrected chi connectivity index (χ3v) is 5.18. The molecular weight excluding hydrogens is 234 g/mol. The van der Waals surface area contributed by atoms with Gasteiger partial charge in [-0.2, -0.15) is 0 Å². The number of aryl methyl sites for hydroxylation is 2. The average Bonchev–Trinajstić information content (AvgIpc) is 3.11. The second kappa shape index (κ2) is 4.82. The number of rotatable bonds is 3. The fourth-order valence-corrected chi connectivity index (χ4v) is 4.31. The topological polar surface area (TPSA) is 35.2 Å². The highest BCUT2D eigenvalue weighted by Gasteiger charge is 2.54.